The standard InChI is InChI=1S/C28H37ClN2O3/c1-6-22(7-12-27(32)23-8-10-25(29)11-9-23)19-31(4)15-13-24-18-26(21(3)17-20(24)2)28(33)30-14-16-34-5/h8-11,13,17-18,22H,2,6-7,12,14-16,19H2,1,3-5H3,(H,30,33)/b24-13-. The Labute approximate surface area is 208 Å². The molecule has 1 atom stereocenters. The number of ether oxygens (including phenoxy) is 1. The Morgan fingerprint density at radius 1 is 1.24 bits per heavy atom. The summed E-state index contributed by atoms with van der Waals surface area (Å²) in [5, 5.41) is 5.38. The predicted octanol–water partition coefficient (Wildman–Crippen LogP) is 3.84. The molecule has 0 aromatic heterocycles. The van der Waals surface area contributed by atoms with Gasteiger partial charge in [-0.05, 0) is 72.6 Å². The van der Waals surface area contributed by atoms with Gasteiger partial charge in [0.25, 0.3) is 5.91 Å². The van der Waals surface area contributed by atoms with Gasteiger partial charge < -0.3 is 15.0 Å². The van der Waals surface area contributed by atoms with Crippen LogP contribution in [-0.4, -0.2) is 57.0 Å². The van der Waals surface area contributed by atoms with Gasteiger partial charge in [0, 0.05) is 49.3 Å². The average Bonchev–Trinajstić information content (AvgIpc) is 2.81. The Kier molecular flexibility index (Phi) is 11.5. The Morgan fingerprint density at radius 2 is 1.94 bits per heavy atom. The molecule has 2 rings (SSSR count). The lowest BCUT2D eigenvalue weighted by atomic mass is 9.96. The van der Waals surface area contributed by atoms with Crippen molar-refractivity contribution in [1.82, 2.24) is 10.2 Å². The molecule has 34 heavy (non-hydrogen) atoms. The molecule has 0 aliphatic rings. The summed E-state index contributed by atoms with van der Waals surface area (Å²) in [7, 11) is 3.69. The Morgan fingerprint density at radius 3 is 2.59 bits per heavy atom. The molecule has 0 spiro atoms. The van der Waals surface area contributed by atoms with Gasteiger partial charge in [-0.15, -0.1) is 0 Å². The van der Waals surface area contributed by atoms with Crippen LogP contribution in [0.25, 0.3) is 12.7 Å². The largest absolute Gasteiger partial charge is 0.383 e. The van der Waals surface area contributed by atoms with Gasteiger partial charge in [-0.25, -0.2) is 0 Å². The van der Waals surface area contributed by atoms with E-state index in [1.165, 1.54) is 0 Å². The number of aryl methyl sites for hydroxylation is 1. The number of hydrogen-bond donors (Lipinski definition) is 1. The SMILES string of the molecule is C=c1cc(C)c(C(=O)NCCOC)c/c1=C/CN(C)CC(CC)CCC(=O)c1ccc(Cl)cc1. The second-order valence-corrected chi connectivity index (χ2v) is 9.22. The van der Waals surface area contributed by atoms with Crippen LogP contribution in [0, 0.1) is 12.8 Å². The zero-order valence-electron chi connectivity index (χ0n) is 20.8. The number of halogens is 1. The second-order valence-electron chi connectivity index (χ2n) is 8.78. The highest BCUT2D eigenvalue weighted by Gasteiger charge is 2.13. The third-order valence-electron chi connectivity index (χ3n) is 6.04. The lowest BCUT2D eigenvalue weighted by Gasteiger charge is -2.22. The maximum Gasteiger partial charge on any atom is 0.251 e. The molecule has 1 amide bonds. The number of methoxy groups -OCH3 is 1. The van der Waals surface area contributed by atoms with Gasteiger partial charge in [-0.3, -0.25) is 9.59 Å². The Bertz CT molecular complexity index is 1070. The van der Waals surface area contributed by atoms with Crippen LogP contribution < -0.4 is 15.8 Å². The molecule has 6 heteroatoms. The van der Waals surface area contributed by atoms with Crippen LogP contribution in [0.2, 0.25) is 5.02 Å². The van der Waals surface area contributed by atoms with Gasteiger partial charge in [-0.1, -0.05) is 43.7 Å². The number of nitrogens with zero attached hydrogens (tertiary/aromatic N) is 1. The molecule has 0 heterocycles. The smallest absolute Gasteiger partial charge is 0.251 e. The van der Waals surface area contributed by atoms with Gasteiger partial charge in [0.2, 0.25) is 0 Å². The van der Waals surface area contributed by atoms with Gasteiger partial charge in [0.05, 0.1) is 6.61 Å². The van der Waals surface area contributed by atoms with E-state index >= 15 is 0 Å². The molecule has 0 fully saturated rings. The zero-order chi connectivity index (χ0) is 25.1. The van der Waals surface area contributed by atoms with Crippen LogP contribution in [-0.2, 0) is 4.74 Å². The molecule has 0 radical (unpaired) electrons. The first kappa shape index (κ1) is 27.8. The minimum Gasteiger partial charge on any atom is -0.383 e. The summed E-state index contributed by atoms with van der Waals surface area (Å²) >= 11 is 5.92. The first-order valence-electron chi connectivity index (χ1n) is 11.8. The lowest BCUT2D eigenvalue weighted by molar-refractivity contribution is 0.0934. The number of Topliss-reactive ketones (excluding diaryl/α,β-unsaturated/α-hetero) is 1. The predicted molar refractivity (Wildman–Crippen MR) is 141 cm³/mol. The number of rotatable bonds is 13. The third-order valence-corrected chi connectivity index (χ3v) is 6.29. The summed E-state index contributed by atoms with van der Waals surface area (Å²) in [4.78, 5) is 27.3. The van der Waals surface area contributed by atoms with Gasteiger partial charge in [0.15, 0.2) is 5.78 Å². The Hall–Kier alpha value is -2.47. The fourth-order valence-electron chi connectivity index (χ4n) is 3.89. The van der Waals surface area contributed by atoms with E-state index in [0.29, 0.717) is 41.6 Å². The minimum absolute atomic E-state index is 0.103. The molecular weight excluding hydrogens is 448 g/mol. The van der Waals surface area contributed by atoms with Crippen LogP contribution >= 0.6 is 11.6 Å². The average molecular weight is 485 g/mol. The van der Waals surface area contributed by atoms with Crippen molar-refractivity contribution < 1.29 is 14.3 Å². The van der Waals surface area contributed by atoms with Crippen molar-refractivity contribution in [3.8, 4) is 0 Å². The molecule has 1 unspecified atom stereocenters. The number of benzene rings is 2. The molecule has 184 valence electrons. The summed E-state index contributed by atoms with van der Waals surface area (Å²) < 4.78 is 5.00. The summed E-state index contributed by atoms with van der Waals surface area (Å²) in [6.45, 7) is 10.8. The second kappa shape index (κ2) is 14.1. The molecule has 1 N–H and O–H groups in total. The number of nitrogens with one attached hydrogen (secondary N) is 1. The summed E-state index contributed by atoms with van der Waals surface area (Å²) in [6.07, 6.45) is 4.49. The van der Waals surface area contributed by atoms with E-state index in [9.17, 15) is 9.59 Å². The van der Waals surface area contributed by atoms with Crippen LogP contribution in [0.4, 0.5) is 0 Å². The minimum atomic E-state index is -0.103. The van der Waals surface area contributed by atoms with Crippen molar-refractivity contribution in [1.29, 1.82) is 0 Å². The number of ketones is 1. The maximum absolute atomic E-state index is 12.5. The molecule has 0 saturated heterocycles. The van der Waals surface area contributed by atoms with Gasteiger partial charge in [-0.2, -0.15) is 0 Å². The van der Waals surface area contributed by atoms with Gasteiger partial charge in [0.1, 0.15) is 0 Å². The first-order valence-corrected chi connectivity index (χ1v) is 12.2. The monoisotopic (exact) mass is 484 g/mol. The molecule has 5 nitrogen and oxygen atoms in total. The van der Waals surface area contributed by atoms with Crippen molar-refractivity contribution in [3.63, 3.8) is 0 Å². The highest BCUT2D eigenvalue weighted by molar-refractivity contribution is 6.30. The van der Waals surface area contributed by atoms with Crippen molar-refractivity contribution in [2.75, 3.05) is 40.4 Å². The van der Waals surface area contributed by atoms with Crippen LogP contribution in [0.15, 0.2) is 36.4 Å². The normalized spacial score (nSPS) is 12.7. The highest BCUT2D eigenvalue weighted by atomic mass is 35.5. The van der Waals surface area contributed by atoms with E-state index in [1.807, 2.05) is 19.1 Å². The van der Waals surface area contributed by atoms with E-state index in [4.69, 9.17) is 16.3 Å². The molecule has 0 aliphatic carbocycles. The Balaban J connectivity index is 1.97. The quantitative estimate of drug-likeness (QED) is 0.346. The lowest BCUT2D eigenvalue weighted by Crippen LogP contribution is -2.33. The van der Waals surface area contributed by atoms with E-state index in [2.05, 4.69) is 36.8 Å². The highest BCUT2D eigenvalue weighted by Crippen LogP contribution is 2.17. The summed E-state index contributed by atoms with van der Waals surface area (Å²) in [6, 6.07) is 11.0. The van der Waals surface area contributed by atoms with E-state index in [-0.39, 0.29) is 11.7 Å². The fraction of sp³-hybridized carbons (Fsp3) is 0.429. The topological polar surface area (TPSA) is 58.6 Å². The molecule has 2 aromatic carbocycles. The molecule has 2 aromatic rings. The first-order chi connectivity index (χ1) is 16.2. The molecule has 0 saturated carbocycles. The molecule has 0 aliphatic heterocycles. The fourth-order valence-corrected chi connectivity index (χ4v) is 4.02. The number of carbonyl (C=O) groups is 2. The van der Waals surface area contributed by atoms with Crippen molar-refractivity contribution in [3.05, 3.63) is 68.5 Å². The van der Waals surface area contributed by atoms with Crippen LogP contribution in [0.3, 0.4) is 0 Å². The van der Waals surface area contributed by atoms with Gasteiger partial charge >= 0.3 is 0 Å². The number of hydrogen-bond acceptors (Lipinski definition) is 4. The van der Waals surface area contributed by atoms with E-state index < -0.39 is 0 Å². The van der Waals surface area contributed by atoms with Crippen LogP contribution in [0.5, 0.6) is 0 Å². The maximum atomic E-state index is 12.5. The molecular formula is C28H37ClN2O3. The summed E-state index contributed by atoms with van der Waals surface area (Å²) in [5.41, 5.74) is 2.27. The number of amides is 1. The van der Waals surface area contributed by atoms with Crippen LogP contribution in [0.1, 0.15) is 52.5 Å². The molecule has 0 bridgehead atoms. The van der Waals surface area contributed by atoms with Crippen molar-refractivity contribution in [2.24, 2.45) is 5.92 Å². The summed E-state index contributed by atoms with van der Waals surface area (Å²) in [5.74, 6) is 0.477. The van der Waals surface area contributed by atoms with Crippen molar-refractivity contribution in [2.45, 2.75) is 33.1 Å². The van der Waals surface area contributed by atoms with E-state index in [0.717, 1.165) is 41.9 Å². The zero-order valence-corrected chi connectivity index (χ0v) is 21.6. The number of carbonyl (C=O) groups excluding carboxylic acids is 2. The van der Waals surface area contributed by atoms with E-state index in [1.54, 1.807) is 31.4 Å². The van der Waals surface area contributed by atoms with Crippen molar-refractivity contribution >= 4 is 35.9 Å². The third kappa shape index (κ3) is 8.71.